The van der Waals surface area contributed by atoms with Gasteiger partial charge in [0, 0.05) is 18.7 Å². The molecule has 0 saturated heterocycles. The molecule has 0 bridgehead atoms. The van der Waals surface area contributed by atoms with Gasteiger partial charge in [-0.1, -0.05) is 19.9 Å². The molecule has 1 N–H and O–H groups in total. The number of fused-ring (bicyclic) bond motifs is 1. The summed E-state index contributed by atoms with van der Waals surface area (Å²) in [7, 11) is 1.61. The van der Waals surface area contributed by atoms with Crippen molar-refractivity contribution >= 4 is 17.0 Å². The Hall–Kier alpha value is -4.07. The summed E-state index contributed by atoms with van der Waals surface area (Å²) in [6, 6.07) is 15.5. The second-order valence-corrected chi connectivity index (χ2v) is 8.54. The number of methoxy groups -OCH3 is 1. The molecule has 35 heavy (non-hydrogen) atoms. The first-order valence-corrected chi connectivity index (χ1v) is 11.2. The lowest BCUT2D eigenvalue weighted by atomic mass is 10.1. The molecule has 1 unspecified atom stereocenters. The maximum absolute atomic E-state index is 14.5. The zero-order valence-electron chi connectivity index (χ0n) is 20.0. The minimum atomic E-state index is -1.15. The van der Waals surface area contributed by atoms with Crippen LogP contribution >= 0.6 is 0 Å². The summed E-state index contributed by atoms with van der Waals surface area (Å²) in [5, 5.41) is 10.3. The fourth-order valence-electron chi connectivity index (χ4n) is 3.88. The normalized spacial score (nSPS) is 12.1. The highest BCUT2D eigenvalue weighted by molar-refractivity contribution is 5.86. The second kappa shape index (κ2) is 10.0. The molecule has 0 amide bonds. The lowest BCUT2D eigenvalue weighted by Gasteiger charge is -2.19. The van der Waals surface area contributed by atoms with E-state index in [1.807, 2.05) is 47.9 Å². The van der Waals surface area contributed by atoms with Crippen molar-refractivity contribution in [3.05, 3.63) is 77.9 Å². The highest BCUT2D eigenvalue weighted by atomic mass is 19.1. The average molecular weight is 479 g/mol. The Morgan fingerprint density at radius 2 is 1.83 bits per heavy atom. The third-order valence-corrected chi connectivity index (χ3v) is 5.74. The topological polar surface area (TPSA) is 82.8 Å². The maximum Gasteiger partial charge on any atom is 0.345 e. The molecule has 4 aromatic rings. The van der Waals surface area contributed by atoms with Gasteiger partial charge in [-0.25, -0.2) is 14.2 Å². The van der Waals surface area contributed by atoms with E-state index < -0.39 is 17.9 Å². The molecular formula is C27H27FN2O5. The molecule has 7 nitrogen and oxygen atoms in total. The van der Waals surface area contributed by atoms with Gasteiger partial charge in [0.2, 0.25) is 0 Å². The number of hydrogen-bond acceptors (Lipinski definition) is 5. The third-order valence-electron chi connectivity index (χ3n) is 5.74. The Morgan fingerprint density at radius 3 is 2.49 bits per heavy atom. The zero-order chi connectivity index (χ0) is 25.1. The van der Waals surface area contributed by atoms with Crippen LogP contribution < -0.4 is 14.2 Å². The molecule has 2 heterocycles. The molecule has 0 fully saturated rings. The predicted molar refractivity (Wildman–Crippen MR) is 130 cm³/mol. The van der Waals surface area contributed by atoms with Crippen molar-refractivity contribution in [1.82, 2.24) is 9.55 Å². The van der Waals surface area contributed by atoms with Gasteiger partial charge in [-0.05, 0) is 61.0 Å². The number of benzene rings is 2. The molecular weight excluding hydrogens is 451 g/mol. The molecule has 2 aromatic carbocycles. The summed E-state index contributed by atoms with van der Waals surface area (Å²) in [6.45, 7) is 5.72. The standard InChI is InChI=1S/C27H27FN2O5/c1-16(2)24(27(31)32)35-23-14-18(7-12-22(23)28)15-30-17(3)25(21-6-5-13-29-26(21)30)34-20-10-8-19(33-4)9-11-20/h5-14,16,24H,15H2,1-4H3,(H,31,32). The third kappa shape index (κ3) is 5.06. The fourth-order valence-corrected chi connectivity index (χ4v) is 3.88. The fraction of sp³-hybridized carbons (Fsp3) is 0.259. The number of carboxylic acids is 1. The number of pyridine rings is 1. The van der Waals surface area contributed by atoms with Gasteiger partial charge in [0.25, 0.3) is 0 Å². The van der Waals surface area contributed by atoms with Crippen LogP contribution in [0.5, 0.6) is 23.0 Å². The summed E-state index contributed by atoms with van der Waals surface area (Å²) in [6.07, 6.45) is 0.550. The molecule has 0 radical (unpaired) electrons. The van der Waals surface area contributed by atoms with Crippen LogP contribution in [-0.2, 0) is 11.3 Å². The highest BCUT2D eigenvalue weighted by Gasteiger charge is 2.25. The molecule has 0 aliphatic rings. The summed E-state index contributed by atoms with van der Waals surface area (Å²) in [5.41, 5.74) is 2.29. The maximum atomic E-state index is 14.5. The number of carbonyl (C=O) groups is 1. The predicted octanol–water partition coefficient (Wildman–Crippen LogP) is 5.82. The smallest absolute Gasteiger partial charge is 0.345 e. The van der Waals surface area contributed by atoms with E-state index >= 15 is 0 Å². The lowest BCUT2D eigenvalue weighted by molar-refractivity contribution is -0.147. The van der Waals surface area contributed by atoms with Gasteiger partial charge in [-0.2, -0.15) is 0 Å². The number of hydrogen-bond donors (Lipinski definition) is 1. The largest absolute Gasteiger partial charge is 0.497 e. The number of aromatic nitrogens is 2. The minimum Gasteiger partial charge on any atom is -0.497 e. The monoisotopic (exact) mass is 478 g/mol. The van der Waals surface area contributed by atoms with Crippen LogP contribution in [0.15, 0.2) is 60.8 Å². The van der Waals surface area contributed by atoms with Gasteiger partial charge in [0.05, 0.1) is 18.2 Å². The van der Waals surface area contributed by atoms with Crippen molar-refractivity contribution in [3.63, 3.8) is 0 Å². The lowest BCUT2D eigenvalue weighted by Crippen LogP contribution is -2.32. The van der Waals surface area contributed by atoms with E-state index in [0.717, 1.165) is 22.4 Å². The quantitative estimate of drug-likeness (QED) is 0.326. The first kappa shape index (κ1) is 24.1. The van der Waals surface area contributed by atoms with Crippen LogP contribution in [-0.4, -0.2) is 33.8 Å². The molecule has 0 aliphatic carbocycles. The molecule has 0 aliphatic heterocycles. The molecule has 0 spiro atoms. The number of rotatable bonds is 9. The van der Waals surface area contributed by atoms with Crippen LogP contribution in [0.25, 0.3) is 11.0 Å². The van der Waals surface area contributed by atoms with E-state index in [-0.39, 0.29) is 11.7 Å². The summed E-state index contributed by atoms with van der Waals surface area (Å²) >= 11 is 0. The van der Waals surface area contributed by atoms with Gasteiger partial charge in [-0.15, -0.1) is 0 Å². The molecule has 0 saturated carbocycles. The van der Waals surface area contributed by atoms with Crippen LogP contribution in [0.1, 0.15) is 25.1 Å². The molecule has 182 valence electrons. The number of aliphatic carboxylic acids is 1. The second-order valence-electron chi connectivity index (χ2n) is 8.54. The van der Waals surface area contributed by atoms with Crippen LogP contribution in [0.2, 0.25) is 0 Å². The number of ether oxygens (including phenoxy) is 3. The number of carboxylic acid groups (broad SMARTS) is 1. The van der Waals surface area contributed by atoms with Gasteiger partial charge in [0.1, 0.15) is 17.1 Å². The van der Waals surface area contributed by atoms with E-state index in [9.17, 15) is 14.3 Å². The number of halogens is 1. The zero-order valence-corrected chi connectivity index (χ0v) is 20.0. The van der Waals surface area contributed by atoms with Crippen molar-refractivity contribution in [2.75, 3.05) is 7.11 Å². The Kier molecular flexibility index (Phi) is 6.91. The van der Waals surface area contributed by atoms with Crippen molar-refractivity contribution in [2.24, 2.45) is 5.92 Å². The average Bonchev–Trinajstić information content (AvgIpc) is 3.10. The van der Waals surface area contributed by atoms with Crippen molar-refractivity contribution in [1.29, 1.82) is 0 Å². The number of nitrogens with zero attached hydrogens (tertiary/aromatic N) is 2. The Balaban J connectivity index is 1.68. The molecule has 8 heteroatoms. The minimum absolute atomic E-state index is 0.0969. The Bertz CT molecular complexity index is 1350. The van der Waals surface area contributed by atoms with E-state index in [2.05, 4.69) is 4.98 Å². The van der Waals surface area contributed by atoms with E-state index in [4.69, 9.17) is 14.2 Å². The molecule has 4 rings (SSSR count). The van der Waals surface area contributed by atoms with E-state index in [1.54, 1.807) is 33.2 Å². The van der Waals surface area contributed by atoms with Crippen LogP contribution in [0, 0.1) is 18.7 Å². The van der Waals surface area contributed by atoms with Gasteiger partial charge in [0.15, 0.2) is 23.4 Å². The summed E-state index contributed by atoms with van der Waals surface area (Å²) < 4.78 is 33.4. The van der Waals surface area contributed by atoms with Crippen LogP contribution in [0.4, 0.5) is 4.39 Å². The Morgan fingerprint density at radius 1 is 1.11 bits per heavy atom. The first-order chi connectivity index (χ1) is 16.8. The van der Waals surface area contributed by atoms with Crippen molar-refractivity contribution in [2.45, 2.75) is 33.4 Å². The molecule has 1 atom stereocenters. The first-order valence-electron chi connectivity index (χ1n) is 11.2. The summed E-state index contributed by atoms with van der Waals surface area (Å²) in [4.78, 5) is 16.1. The highest BCUT2D eigenvalue weighted by Crippen LogP contribution is 2.36. The van der Waals surface area contributed by atoms with Crippen molar-refractivity contribution < 1.29 is 28.5 Å². The van der Waals surface area contributed by atoms with Gasteiger partial charge in [-0.3, -0.25) is 0 Å². The summed E-state index contributed by atoms with van der Waals surface area (Å²) in [5.74, 6) is -0.119. The van der Waals surface area contributed by atoms with E-state index in [1.165, 1.54) is 12.1 Å². The Labute approximate surface area is 202 Å². The van der Waals surface area contributed by atoms with Crippen molar-refractivity contribution in [3.8, 4) is 23.0 Å². The van der Waals surface area contributed by atoms with Crippen LogP contribution in [0.3, 0.4) is 0 Å². The van der Waals surface area contributed by atoms with Gasteiger partial charge >= 0.3 is 5.97 Å². The SMILES string of the molecule is COc1ccc(Oc2c(C)n(Cc3ccc(F)c(OC(C(=O)O)C(C)C)c3)c3ncccc23)cc1. The van der Waals surface area contributed by atoms with E-state index in [0.29, 0.717) is 23.7 Å². The molecule has 2 aromatic heterocycles. The van der Waals surface area contributed by atoms with Gasteiger partial charge < -0.3 is 23.9 Å².